The van der Waals surface area contributed by atoms with Crippen LogP contribution in [-0.2, 0) is 17.7 Å². The smallest absolute Gasteiger partial charge is 0.337 e. The Balaban J connectivity index is 1.62. The van der Waals surface area contributed by atoms with E-state index in [-0.39, 0.29) is 11.8 Å². The second kappa shape index (κ2) is 8.15. The largest absolute Gasteiger partial charge is 0.465 e. The normalized spacial score (nSPS) is 15.1. The number of benzene rings is 2. The van der Waals surface area contributed by atoms with E-state index in [0.29, 0.717) is 11.5 Å². The number of ether oxygens (including phenoxy) is 1. The summed E-state index contributed by atoms with van der Waals surface area (Å²) in [5.41, 5.74) is 3.79. The van der Waals surface area contributed by atoms with E-state index in [0.717, 1.165) is 55.4 Å². The molecular formula is C23H25FN2O2. The van der Waals surface area contributed by atoms with Crippen molar-refractivity contribution in [2.45, 2.75) is 25.8 Å². The van der Waals surface area contributed by atoms with E-state index >= 15 is 0 Å². The third-order valence-corrected chi connectivity index (χ3v) is 5.61. The van der Waals surface area contributed by atoms with Crippen LogP contribution in [0.15, 0.2) is 48.7 Å². The molecule has 2 aromatic carbocycles. The maximum atomic E-state index is 13.9. The number of esters is 1. The Morgan fingerprint density at radius 1 is 1.18 bits per heavy atom. The molecule has 3 aromatic rings. The molecule has 0 amide bonds. The molecule has 0 spiro atoms. The van der Waals surface area contributed by atoms with Crippen molar-refractivity contribution >= 4 is 16.9 Å². The minimum atomic E-state index is -0.333. The van der Waals surface area contributed by atoms with Crippen molar-refractivity contribution in [2.75, 3.05) is 20.2 Å². The number of fused-ring (bicyclic) bond motifs is 1. The lowest BCUT2D eigenvalue weighted by atomic mass is 9.98. The second-order valence-electron chi connectivity index (χ2n) is 7.53. The fourth-order valence-corrected chi connectivity index (χ4v) is 4.07. The van der Waals surface area contributed by atoms with Crippen molar-refractivity contribution < 1.29 is 13.9 Å². The van der Waals surface area contributed by atoms with Gasteiger partial charge in [0.05, 0.1) is 18.2 Å². The molecule has 1 aromatic heterocycles. The first-order chi connectivity index (χ1) is 13.6. The van der Waals surface area contributed by atoms with Crippen LogP contribution in [0, 0.1) is 11.7 Å². The van der Waals surface area contributed by atoms with E-state index < -0.39 is 0 Å². The quantitative estimate of drug-likeness (QED) is 0.676. The molecule has 0 aliphatic carbocycles. The van der Waals surface area contributed by atoms with Gasteiger partial charge in [-0.05, 0) is 79.7 Å². The third-order valence-electron chi connectivity index (χ3n) is 5.61. The lowest BCUT2D eigenvalue weighted by molar-refractivity contribution is 0.0600. The summed E-state index contributed by atoms with van der Waals surface area (Å²) in [5, 5.41) is 4.49. The van der Waals surface area contributed by atoms with E-state index in [2.05, 4.69) is 16.1 Å². The van der Waals surface area contributed by atoms with Gasteiger partial charge in [0.2, 0.25) is 0 Å². The van der Waals surface area contributed by atoms with Gasteiger partial charge >= 0.3 is 5.97 Å². The van der Waals surface area contributed by atoms with Crippen molar-refractivity contribution in [1.29, 1.82) is 0 Å². The number of methoxy groups -OCH3 is 1. The van der Waals surface area contributed by atoms with Gasteiger partial charge in [0, 0.05) is 18.1 Å². The molecule has 0 unspecified atom stereocenters. The Kier molecular flexibility index (Phi) is 5.44. The number of nitrogens with zero attached hydrogens (tertiary/aromatic N) is 1. The zero-order valence-corrected chi connectivity index (χ0v) is 16.1. The number of hydrogen-bond acceptors (Lipinski definition) is 3. The monoisotopic (exact) mass is 380 g/mol. The lowest BCUT2D eigenvalue weighted by Gasteiger charge is -2.23. The molecule has 28 heavy (non-hydrogen) atoms. The summed E-state index contributed by atoms with van der Waals surface area (Å²) in [6.07, 6.45) is 5.21. The van der Waals surface area contributed by atoms with Crippen molar-refractivity contribution in [3.05, 3.63) is 71.2 Å². The molecule has 5 heteroatoms. The molecule has 1 saturated heterocycles. The number of halogens is 1. The van der Waals surface area contributed by atoms with Crippen LogP contribution in [0.25, 0.3) is 10.9 Å². The first-order valence-corrected chi connectivity index (χ1v) is 9.79. The molecule has 4 nitrogen and oxygen atoms in total. The Hall–Kier alpha value is -2.66. The molecule has 1 fully saturated rings. The summed E-state index contributed by atoms with van der Waals surface area (Å²) in [7, 11) is 1.38. The zero-order chi connectivity index (χ0) is 19.5. The number of rotatable bonds is 5. The fourth-order valence-electron chi connectivity index (χ4n) is 4.07. The molecule has 0 radical (unpaired) electrons. The highest BCUT2D eigenvalue weighted by Gasteiger charge is 2.17. The maximum Gasteiger partial charge on any atom is 0.337 e. The van der Waals surface area contributed by atoms with Gasteiger partial charge in [-0.25, -0.2) is 9.18 Å². The van der Waals surface area contributed by atoms with E-state index in [1.54, 1.807) is 18.2 Å². The number of piperidine rings is 1. The van der Waals surface area contributed by atoms with Crippen molar-refractivity contribution in [1.82, 2.24) is 9.88 Å². The summed E-state index contributed by atoms with van der Waals surface area (Å²) >= 11 is 0. The summed E-state index contributed by atoms with van der Waals surface area (Å²) in [4.78, 5) is 11.6. The molecule has 0 atom stereocenters. The van der Waals surface area contributed by atoms with Crippen molar-refractivity contribution in [3.63, 3.8) is 0 Å². The highest BCUT2D eigenvalue weighted by atomic mass is 19.1. The molecule has 4 rings (SSSR count). The van der Waals surface area contributed by atoms with Crippen LogP contribution in [0.2, 0.25) is 0 Å². The van der Waals surface area contributed by atoms with Crippen LogP contribution < -0.4 is 5.32 Å². The molecule has 1 aliphatic rings. The van der Waals surface area contributed by atoms with E-state index in [4.69, 9.17) is 4.74 Å². The Morgan fingerprint density at radius 3 is 2.64 bits per heavy atom. The molecule has 1 N–H and O–H groups in total. The summed E-state index contributed by atoms with van der Waals surface area (Å²) in [5.74, 6) is 0.0825. The van der Waals surface area contributed by atoms with Crippen LogP contribution in [0.5, 0.6) is 0 Å². The van der Waals surface area contributed by atoms with Gasteiger partial charge in [0.25, 0.3) is 0 Å². The topological polar surface area (TPSA) is 43.3 Å². The average molecular weight is 380 g/mol. The molecule has 0 bridgehead atoms. The first-order valence-electron chi connectivity index (χ1n) is 9.79. The Bertz CT molecular complexity index is 972. The number of carbonyl (C=O) groups excluding carboxylic acids is 1. The standard InChI is InChI=1S/C23H25FN2O2/c1-28-23(27)18-4-2-16(3-5-18)12-19-15-26(14-17-8-10-25-11-9-17)22-13-20(24)6-7-21(19)22/h2-7,13,15,17,25H,8-12,14H2,1H3. The average Bonchev–Trinajstić information content (AvgIpc) is 3.05. The minimum absolute atomic E-state index is 0.203. The van der Waals surface area contributed by atoms with Gasteiger partial charge in [-0.3, -0.25) is 0 Å². The van der Waals surface area contributed by atoms with Crippen LogP contribution in [0.1, 0.15) is 34.3 Å². The van der Waals surface area contributed by atoms with Gasteiger partial charge in [0.15, 0.2) is 0 Å². The molecule has 1 aliphatic heterocycles. The maximum absolute atomic E-state index is 13.9. The van der Waals surface area contributed by atoms with Crippen LogP contribution >= 0.6 is 0 Å². The van der Waals surface area contributed by atoms with Gasteiger partial charge in [-0.2, -0.15) is 0 Å². The first kappa shape index (κ1) is 18.7. The molecule has 2 heterocycles. The van der Waals surface area contributed by atoms with Crippen LogP contribution in [0.3, 0.4) is 0 Å². The van der Waals surface area contributed by atoms with E-state index in [1.807, 2.05) is 18.2 Å². The van der Waals surface area contributed by atoms with Crippen molar-refractivity contribution in [2.24, 2.45) is 5.92 Å². The summed E-state index contributed by atoms with van der Waals surface area (Å²) in [6.45, 7) is 3.03. The molecular weight excluding hydrogens is 355 g/mol. The number of aromatic nitrogens is 1. The second-order valence-corrected chi connectivity index (χ2v) is 7.53. The van der Waals surface area contributed by atoms with Gasteiger partial charge in [0.1, 0.15) is 5.82 Å². The van der Waals surface area contributed by atoms with Crippen LogP contribution in [-0.4, -0.2) is 30.7 Å². The molecule has 0 saturated carbocycles. The third kappa shape index (κ3) is 3.94. The van der Waals surface area contributed by atoms with Crippen molar-refractivity contribution in [3.8, 4) is 0 Å². The minimum Gasteiger partial charge on any atom is -0.465 e. The number of carbonyl (C=O) groups is 1. The zero-order valence-electron chi connectivity index (χ0n) is 16.1. The predicted molar refractivity (Wildman–Crippen MR) is 108 cm³/mol. The highest BCUT2D eigenvalue weighted by Crippen LogP contribution is 2.27. The van der Waals surface area contributed by atoms with Crippen LogP contribution in [0.4, 0.5) is 4.39 Å². The van der Waals surface area contributed by atoms with E-state index in [9.17, 15) is 9.18 Å². The predicted octanol–water partition coefficient (Wildman–Crippen LogP) is 4.16. The SMILES string of the molecule is COC(=O)c1ccc(Cc2cn(CC3CCNCC3)c3cc(F)ccc23)cc1. The van der Waals surface area contributed by atoms with Gasteiger partial charge < -0.3 is 14.6 Å². The number of nitrogens with one attached hydrogen (secondary N) is 1. The lowest BCUT2D eigenvalue weighted by Crippen LogP contribution is -2.29. The van der Waals surface area contributed by atoms with Gasteiger partial charge in [-0.15, -0.1) is 0 Å². The number of hydrogen-bond donors (Lipinski definition) is 1. The summed E-state index contributed by atoms with van der Waals surface area (Å²) < 4.78 is 20.9. The fraction of sp³-hybridized carbons (Fsp3) is 0.348. The summed E-state index contributed by atoms with van der Waals surface area (Å²) in [6, 6.07) is 12.5. The Labute approximate surface area is 164 Å². The van der Waals surface area contributed by atoms with Gasteiger partial charge in [-0.1, -0.05) is 12.1 Å². The van der Waals surface area contributed by atoms with E-state index in [1.165, 1.54) is 18.7 Å². The molecule has 146 valence electrons. The highest BCUT2D eigenvalue weighted by molar-refractivity contribution is 5.89. The Morgan fingerprint density at radius 2 is 1.93 bits per heavy atom.